The molecule has 164 valence electrons. The Morgan fingerprint density at radius 3 is 2.30 bits per heavy atom. The zero-order valence-electron chi connectivity index (χ0n) is 17.8. The van der Waals surface area contributed by atoms with Gasteiger partial charge in [-0.1, -0.05) is 19.1 Å². The Labute approximate surface area is 177 Å². The highest BCUT2D eigenvalue weighted by Crippen LogP contribution is 2.31. The molecule has 0 aromatic heterocycles. The van der Waals surface area contributed by atoms with Crippen molar-refractivity contribution in [2.24, 2.45) is 0 Å². The molecule has 0 saturated heterocycles. The van der Waals surface area contributed by atoms with Crippen LogP contribution in [0.15, 0.2) is 42.5 Å². The van der Waals surface area contributed by atoms with E-state index in [9.17, 15) is 13.2 Å². The summed E-state index contributed by atoms with van der Waals surface area (Å²) in [5.74, 6) is 1.21. The first-order valence-electron chi connectivity index (χ1n) is 9.36. The van der Waals surface area contributed by atoms with E-state index in [2.05, 4.69) is 5.32 Å². The van der Waals surface area contributed by atoms with Gasteiger partial charge in [0.1, 0.15) is 12.3 Å². The normalized spacial score (nSPS) is 12.0. The highest BCUT2D eigenvalue weighted by molar-refractivity contribution is 7.92. The highest BCUT2D eigenvalue weighted by Gasteiger charge is 2.23. The second kappa shape index (κ2) is 10.2. The fourth-order valence-electron chi connectivity index (χ4n) is 3.03. The number of nitrogens with zero attached hydrogens (tertiary/aromatic N) is 1. The average molecular weight is 437 g/mol. The van der Waals surface area contributed by atoms with Gasteiger partial charge in [-0.15, -0.1) is 0 Å². The largest absolute Gasteiger partial charge is 0.497 e. The molecule has 1 atom stereocenters. The molecule has 8 nitrogen and oxygen atoms in total. The molecule has 0 spiro atoms. The molecule has 0 fully saturated rings. The topological polar surface area (TPSA) is 94.2 Å². The van der Waals surface area contributed by atoms with Crippen molar-refractivity contribution in [1.82, 2.24) is 5.32 Å². The lowest BCUT2D eigenvalue weighted by molar-refractivity contribution is -0.120. The molecular formula is C21H28N2O6S. The third-order valence-corrected chi connectivity index (χ3v) is 5.72. The predicted molar refractivity (Wildman–Crippen MR) is 116 cm³/mol. The van der Waals surface area contributed by atoms with E-state index in [-0.39, 0.29) is 12.6 Å². The number of ether oxygens (including phenoxy) is 3. The quantitative estimate of drug-likeness (QED) is 0.616. The van der Waals surface area contributed by atoms with Crippen LogP contribution in [0.5, 0.6) is 17.2 Å². The number of rotatable bonds is 10. The molecule has 30 heavy (non-hydrogen) atoms. The molecule has 0 bridgehead atoms. The summed E-state index contributed by atoms with van der Waals surface area (Å²) >= 11 is 0. The molecule has 0 heterocycles. The number of methoxy groups -OCH3 is 3. The summed E-state index contributed by atoms with van der Waals surface area (Å²) in [4.78, 5) is 12.7. The number of carbonyl (C=O) groups excluding carboxylic acids is 1. The number of amides is 1. The van der Waals surface area contributed by atoms with Crippen molar-refractivity contribution in [2.45, 2.75) is 19.4 Å². The van der Waals surface area contributed by atoms with Gasteiger partial charge in [-0.05, 0) is 36.2 Å². The minimum atomic E-state index is -3.68. The minimum Gasteiger partial charge on any atom is -0.497 e. The summed E-state index contributed by atoms with van der Waals surface area (Å²) in [6.07, 6.45) is 1.67. The van der Waals surface area contributed by atoms with Crippen molar-refractivity contribution in [2.75, 3.05) is 38.4 Å². The van der Waals surface area contributed by atoms with Crippen molar-refractivity contribution in [3.63, 3.8) is 0 Å². The minimum absolute atomic E-state index is 0.316. The lowest BCUT2D eigenvalue weighted by Gasteiger charge is -2.24. The van der Waals surface area contributed by atoms with Crippen LogP contribution in [0, 0.1) is 0 Å². The van der Waals surface area contributed by atoms with Crippen LogP contribution in [0.3, 0.4) is 0 Å². The fourth-order valence-corrected chi connectivity index (χ4v) is 3.87. The molecule has 2 aromatic carbocycles. The molecule has 0 aliphatic carbocycles. The van der Waals surface area contributed by atoms with Gasteiger partial charge in [0.15, 0.2) is 11.5 Å². The first-order valence-corrected chi connectivity index (χ1v) is 11.2. The van der Waals surface area contributed by atoms with E-state index in [1.807, 2.05) is 13.0 Å². The molecule has 0 saturated carbocycles. The Balaban J connectivity index is 2.23. The molecular weight excluding hydrogens is 408 g/mol. The standard InChI is InChI=1S/C21H28N2O6S/c1-6-18(15-10-11-19(28-3)20(12-15)29-4)22-21(24)14-23(30(5,25)26)16-8-7-9-17(13-16)27-2/h7-13,18H,6,14H2,1-5H3,(H,22,24)/t18-/m1/s1. The number of sulfonamides is 1. The Morgan fingerprint density at radius 2 is 1.73 bits per heavy atom. The van der Waals surface area contributed by atoms with Crippen LogP contribution in [0.25, 0.3) is 0 Å². The summed E-state index contributed by atoms with van der Waals surface area (Å²) < 4.78 is 41.4. The van der Waals surface area contributed by atoms with Crippen molar-refractivity contribution in [3.8, 4) is 17.2 Å². The maximum absolute atomic E-state index is 12.7. The Morgan fingerprint density at radius 1 is 1.03 bits per heavy atom. The van der Waals surface area contributed by atoms with E-state index in [1.54, 1.807) is 50.6 Å². The predicted octanol–water partition coefficient (Wildman–Crippen LogP) is 2.75. The summed E-state index contributed by atoms with van der Waals surface area (Å²) in [6.45, 7) is 1.58. The summed E-state index contributed by atoms with van der Waals surface area (Å²) in [6, 6.07) is 11.6. The second-order valence-electron chi connectivity index (χ2n) is 6.61. The van der Waals surface area contributed by atoms with Gasteiger partial charge in [-0.2, -0.15) is 0 Å². The zero-order chi connectivity index (χ0) is 22.3. The van der Waals surface area contributed by atoms with E-state index < -0.39 is 15.9 Å². The van der Waals surface area contributed by atoms with E-state index in [0.29, 0.717) is 29.4 Å². The third-order valence-electron chi connectivity index (χ3n) is 4.58. The van der Waals surface area contributed by atoms with Crippen LogP contribution < -0.4 is 23.8 Å². The highest BCUT2D eigenvalue weighted by atomic mass is 32.2. The van der Waals surface area contributed by atoms with Crippen LogP contribution >= 0.6 is 0 Å². The number of hydrogen-bond acceptors (Lipinski definition) is 6. The van der Waals surface area contributed by atoms with Crippen LogP contribution in [0.2, 0.25) is 0 Å². The average Bonchev–Trinajstić information content (AvgIpc) is 2.74. The zero-order valence-corrected chi connectivity index (χ0v) is 18.7. The van der Waals surface area contributed by atoms with E-state index in [4.69, 9.17) is 14.2 Å². The van der Waals surface area contributed by atoms with Crippen molar-refractivity contribution < 1.29 is 27.4 Å². The molecule has 9 heteroatoms. The van der Waals surface area contributed by atoms with Gasteiger partial charge in [0, 0.05) is 6.07 Å². The maximum atomic E-state index is 12.7. The Kier molecular flexibility index (Phi) is 7.93. The lowest BCUT2D eigenvalue weighted by Crippen LogP contribution is -2.41. The van der Waals surface area contributed by atoms with Gasteiger partial charge in [0.25, 0.3) is 0 Å². The van der Waals surface area contributed by atoms with Gasteiger partial charge in [0.2, 0.25) is 15.9 Å². The molecule has 2 rings (SSSR count). The second-order valence-corrected chi connectivity index (χ2v) is 8.52. The summed E-state index contributed by atoms with van der Waals surface area (Å²) in [5, 5.41) is 2.90. The first-order chi connectivity index (χ1) is 14.2. The molecule has 0 aliphatic heterocycles. The summed E-state index contributed by atoms with van der Waals surface area (Å²) in [5.41, 5.74) is 1.18. The Bertz CT molecular complexity index is 977. The smallest absolute Gasteiger partial charge is 0.241 e. The van der Waals surface area contributed by atoms with Crippen LogP contribution in [-0.4, -0.2) is 48.5 Å². The van der Waals surface area contributed by atoms with Gasteiger partial charge in [-0.25, -0.2) is 8.42 Å². The van der Waals surface area contributed by atoms with Gasteiger partial charge < -0.3 is 19.5 Å². The monoisotopic (exact) mass is 436 g/mol. The van der Waals surface area contributed by atoms with Crippen LogP contribution in [0.4, 0.5) is 5.69 Å². The lowest BCUT2D eigenvalue weighted by atomic mass is 10.0. The van der Waals surface area contributed by atoms with Crippen molar-refractivity contribution in [3.05, 3.63) is 48.0 Å². The van der Waals surface area contributed by atoms with Crippen LogP contribution in [0.1, 0.15) is 24.9 Å². The maximum Gasteiger partial charge on any atom is 0.241 e. The SMILES string of the molecule is CC[C@@H](NC(=O)CN(c1cccc(OC)c1)S(C)(=O)=O)c1ccc(OC)c(OC)c1. The van der Waals surface area contributed by atoms with E-state index in [1.165, 1.54) is 7.11 Å². The number of nitrogens with one attached hydrogen (secondary N) is 1. The molecule has 0 aliphatic rings. The van der Waals surface area contributed by atoms with Crippen molar-refractivity contribution in [1.29, 1.82) is 0 Å². The fraction of sp³-hybridized carbons (Fsp3) is 0.381. The molecule has 0 radical (unpaired) electrons. The van der Waals surface area contributed by atoms with Crippen LogP contribution in [-0.2, 0) is 14.8 Å². The first kappa shape index (κ1) is 23.3. The number of hydrogen-bond donors (Lipinski definition) is 1. The molecule has 0 unspecified atom stereocenters. The third kappa shape index (κ3) is 5.79. The number of anilines is 1. The Hall–Kier alpha value is -2.94. The van der Waals surface area contributed by atoms with Gasteiger partial charge in [0.05, 0.1) is 39.3 Å². The van der Waals surface area contributed by atoms with Gasteiger partial charge in [-0.3, -0.25) is 9.10 Å². The van der Waals surface area contributed by atoms with E-state index >= 15 is 0 Å². The van der Waals surface area contributed by atoms with Crippen molar-refractivity contribution >= 4 is 21.6 Å². The molecule has 1 amide bonds. The number of benzene rings is 2. The molecule has 1 N–H and O–H groups in total. The van der Waals surface area contributed by atoms with Gasteiger partial charge >= 0.3 is 0 Å². The number of carbonyl (C=O) groups is 1. The molecule has 2 aromatic rings. The van der Waals surface area contributed by atoms with E-state index in [0.717, 1.165) is 16.1 Å². The summed E-state index contributed by atoms with van der Waals surface area (Å²) in [7, 11) is 0.899.